The monoisotopic (exact) mass is 279 g/mol. The minimum atomic E-state index is 0.497. The summed E-state index contributed by atoms with van der Waals surface area (Å²) in [7, 11) is 0. The molecule has 3 rings (SSSR count). The SMILES string of the molecule is CC(c1ccc(Cl)cc1)N1CC(N2CCNCC2)C1. The van der Waals surface area contributed by atoms with Crippen molar-refractivity contribution in [1.29, 1.82) is 0 Å². The van der Waals surface area contributed by atoms with Gasteiger partial charge in [0.1, 0.15) is 0 Å². The highest BCUT2D eigenvalue weighted by atomic mass is 35.5. The summed E-state index contributed by atoms with van der Waals surface area (Å²) in [5, 5.41) is 4.23. The molecule has 2 saturated heterocycles. The van der Waals surface area contributed by atoms with Crippen LogP contribution in [0.2, 0.25) is 5.02 Å². The van der Waals surface area contributed by atoms with E-state index >= 15 is 0 Å². The summed E-state index contributed by atoms with van der Waals surface area (Å²) in [5.74, 6) is 0. The molecule has 0 radical (unpaired) electrons. The molecule has 104 valence electrons. The standard InChI is InChI=1S/C15H22ClN3/c1-12(13-2-4-14(16)5-3-13)19-10-15(11-19)18-8-6-17-7-9-18/h2-5,12,15,17H,6-11H2,1H3. The zero-order chi connectivity index (χ0) is 13.2. The number of hydrogen-bond acceptors (Lipinski definition) is 3. The average molecular weight is 280 g/mol. The zero-order valence-electron chi connectivity index (χ0n) is 11.5. The Bertz CT molecular complexity index is 408. The lowest BCUT2D eigenvalue weighted by Gasteiger charge is -2.49. The Morgan fingerprint density at radius 2 is 1.79 bits per heavy atom. The van der Waals surface area contributed by atoms with E-state index in [1.54, 1.807) is 0 Å². The second-order valence-corrected chi connectivity index (χ2v) is 6.06. The Morgan fingerprint density at radius 3 is 2.42 bits per heavy atom. The first-order valence-electron chi connectivity index (χ1n) is 7.18. The van der Waals surface area contributed by atoms with Crippen LogP contribution >= 0.6 is 11.6 Å². The first kappa shape index (κ1) is 13.4. The van der Waals surface area contributed by atoms with Gasteiger partial charge in [-0.1, -0.05) is 23.7 Å². The summed E-state index contributed by atoms with van der Waals surface area (Å²) < 4.78 is 0. The van der Waals surface area contributed by atoms with Gasteiger partial charge in [0, 0.05) is 56.4 Å². The van der Waals surface area contributed by atoms with Gasteiger partial charge in [-0.3, -0.25) is 9.80 Å². The van der Waals surface area contributed by atoms with Gasteiger partial charge in [0.15, 0.2) is 0 Å². The number of benzene rings is 1. The zero-order valence-corrected chi connectivity index (χ0v) is 12.2. The lowest BCUT2D eigenvalue weighted by Crippen LogP contribution is -2.62. The molecule has 1 unspecified atom stereocenters. The summed E-state index contributed by atoms with van der Waals surface area (Å²) in [6.07, 6.45) is 0. The number of nitrogens with zero attached hydrogens (tertiary/aromatic N) is 2. The Hall–Kier alpha value is -0.610. The summed E-state index contributed by atoms with van der Waals surface area (Å²) in [6.45, 7) is 9.37. The topological polar surface area (TPSA) is 18.5 Å². The van der Waals surface area contributed by atoms with E-state index in [1.165, 1.54) is 31.7 Å². The summed E-state index contributed by atoms with van der Waals surface area (Å²) in [5.41, 5.74) is 1.36. The predicted octanol–water partition coefficient (Wildman–Crippen LogP) is 1.99. The van der Waals surface area contributed by atoms with Crippen LogP contribution in [-0.2, 0) is 0 Å². The highest BCUT2D eigenvalue weighted by Gasteiger charge is 2.34. The van der Waals surface area contributed by atoms with Gasteiger partial charge in [-0.05, 0) is 24.6 Å². The summed E-state index contributed by atoms with van der Waals surface area (Å²) >= 11 is 5.94. The van der Waals surface area contributed by atoms with E-state index in [-0.39, 0.29) is 0 Å². The van der Waals surface area contributed by atoms with Crippen LogP contribution in [0.25, 0.3) is 0 Å². The number of nitrogens with one attached hydrogen (secondary N) is 1. The molecule has 3 nitrogen and oxygen atoms in total. The van der Waals surface area contributed by atoms with Gasteiger partial charge in [-0.15, -0.1) is 0 Å². The van der Waals surface area contributed by atoms with Crippen molar-refractivity contribution in [2.75, 3.05) is 39.3 Å². The molecule has 2 fully saturated rings. The van der Waals surface area contributed by atoms with Gasteiger partial charge < -0.3 is 5.32 Å². The third-order valence-electron chi connectivity index (χ3n) is 4.46. The maximum Gasteiger partial charge on any atom is 0.0406 e. The van der Waals surface area contributed by atoms with Gasteiger partial charge >= 0.3 is 0 Å². The molecule has 2 aliphatic rings. The summed E-state index contributed by atoms with van der Waals surface area (Å²) in [4.78, 5) is 5.18. The fraction of sp³-hybridized carbons (Fsp3) is 0.600. The van der Waals surface area contributed by atoms with Crippen LogP contribution < -0.4 is 5.32 Å². The Morgan fingerprint density at radius 1 is 1.16 bits per heavy atom. The molecule has 1 aromatic carbocycles. The van der Waals surface area contributed by atoms with Crippen molar-refractivity contribution in [3.8, 4) is 0 Å². The van der Waals surface area contributed by atoms with Crippen LogP contribution in [0.4, 0.5) is 0 Å². The van der Waals surface area contributed by atoms with E-state index in [1.807, 2.05) is 12.1 Å². The van der Waals surface area contributed by atoms with Gasteiger partial charge in [-0.2, -0.15) is 0 Å². The maximum atomic E-state index is 5.94. The molecule has 1 atom stereocenters. The van der Waals surface area contributed by atoms with Gasteiger partial charge in [0.2, 0.25) is 0 Å². The van der Waals surface area contributed by atoms with Crippen molar-refractivity contribution in [2.45, 2.75) is 19.0 Å². The van der Waals surface area contributed by atoms with Crippen molar-refractivity contribution < 1.29 is 0 Å². The van der Waals surface area contributed by atoms with Crippen LogP contribution in [0.1, 0.15) is 18.5 Å². The third kappa shape index (κ3) is 2.95. The van der Waals surface area contributed by atoms with Crippen molar-refractivity contribution in [2.24, 2.45) is 0 Å². The fourth-order valence-corrected chi connectivity index (χ4v) is 3.16. The molecule has 1 aromatic rings. The Kier molecular flexibility index (Phi) is 4.08. The predicted molar refractivity (Wildman–Crippen MR) is 79.7 cm³/mol. The Balaban J connectivity index is 1.53. The number of piperazine rings is 1. The van der Waals surface area contributed by atoms with E-state index in [0.29, 0.717) is 6.04 Å². The third-order valence-corrected chi connectivity index (χ3v) is 4.71. The molecular weight excluding hydrogens is 258 g/mol. The molecule has 19 heavy (non-hydrogen) atoms. The number of likely N-dealkylation sites (tertiary alicyclic amines) is 1. The second-order valence-electron chi connectivity index (χ2n) is 5.62. The first-order valence-corrected chi connectivity index (χ1v) is 7.56. The number of rotatable bonds is 3. The lowest BCUT2D eigenvalue weighted by molar-refractivity contribution is 0.00348. The largest absolute Gasteiger partial charge is 0.314 e. The van der Waals surface area contributed by atoms with E-state index in [2.05, 4.69) is 34.2 Å². The highest BCUT2D eigenvalue weighted by Crippen LogP contribution is 2.28. The van der Waals surface area contributed by atoms with E-state index in [9.17, 15) is 0 Å². The van der Waals surface area contributed by atoms with Crippen LogP contribution in [0.3, 0.4) is 0 Å². The average Bonchev–Trinajstić information content (AvgIpc) is 2.39. The maximum absolute atomic E-state index is 5.94. The lowest BCUT2D eigenvalue weighted by atomic mass is 9.99. The van der Waals surface area contributed by atoms with Crippen LogP contribution in [-0.4, -0.2) is 55.1 Å². The quantitative estimate of drug-likeness (QED) is 0.913. The van der Waals surface area contributed by atoms with Gasteiger partial charge in [0.25, 0.3) is 0 Å². The molecule has 4 heteroatoms. The molecule has 0 saturated carbocycles. The van der Waals surface area contributed by atoms with E-state index < -0.39 is 0 Å². The van der Waals surface area contributed by atoms with Crippen molar-refractivity contribution in [3.05, 3.63) is 34.9 Å². The summed E-state index contributed by atoms with van der Waals surface area (Å²) in [6, 6.07) is 9.52. The molecular formula is C15H22ClN3. The molecule has 1 N–H and O–H groups in total. The smallest absolute Gasteiger partial charge is 0.0406 e. The van der Waals surface area contributed by atoms with Gasteiger partial charge in [-0.25, -0.2) is 0 Å². The molecule has 0 bridgehead atoms. The van der Waals surface area contributed by atoms with Crippen LogP contribution in [0.15, 0.2) is 24.3 Å². The molecule has 0 spiro atoms. The minimum absolute atomic E-state index is 0.497. The molecule has 2 aliphatic heterocycles. The Labute approximate surface area is 120 Å². The minimum Gasteiger partial charge on any atom is -0.314 e. The van der Waals surface area contributed by atoms with E-state index in [0.717, 1.165) is 24.2 Å². The highest BCUT2D eigenvalue weighted by molar-refractivity contribution is 6.30. The molecule has 2 heterocycles. The molecule has 0 aliphatic carbocycles. The van der Waals surface area contributed by atoms with Crippen molar-refractivity contribution in [3.63, 3.8) is 0 Å². The van der Waals surface area contributed by atoms with Crippen molar-refractivity contribution >= 4 is 11.6 Å². The fourth-order valence-electron chi connectivity index (χ4n) is 3.03. The van der Waals surface area contributed by atoms with E-state index in [4.69, 9.17) is 11.6 Å². The van der Waals surface area contributed by atoms with Crippen molar-refractivity contribution in [1.82, 2.24) is 15.1 Å². The van der Waals surface area contributed by atoms with Crippen LogP contribution in [0.5, 0.6) is 0 Å². The second kappa shape index (κ2) is 5.80. The number of hydrogen-bond donors (Lipinski definition) is 1. The molecule has 0 amide bonds. The first-order chi connectivity index (χ1) is 9.24. The van der Waals surface area contributed by atoms with Crippen LogP contribution in [0, 0.1) is 0 Å². The molecule has 0 aromatic heterocycles. The van der Waals surface area contributed by atoms with Gasteiger partial charge in [0.05, 0.1) is 0 Å². The number of halogens is 1. The normalized spacial score (nSPS) is 24.1.